The lowest BCUT2D eigenvalue weighted by atomic mass is 9.88. The lowest BCUT2D eigenvalue weighted by molar-refractivity contribution is 0.180. The summed E-state index contributed by atoms with van der Waals surface area (Å²) < 4.78 is 1.36. The zero-order valence-electron chi connectivity index (χ0n) is 14.8. The molecule has 134 valence electrons. The second kappa shape index (κ2) is 6.46. The van der Waals surface area contributed by atoms with E-state index in [0.29, 0.717) is 17.1 Å². The molecule has 0 atom stereocenters. The molecule has 1 aliphatic heterocycles. The molecule has 27 heavy (non-hydrogen) atoms. The van der Waals surface area contributed by atoms with Crippen LogP contribution in [0.2, 0.25) is 0 Å². The molecule has 0 N–H and O–H groups in total. The summed E-state index contributed by atoms with van der Waals surface area (Å²) >= 11 is 0. The minimum atomic E-state index is -0.123. The van der Waals surface area contributed by atoms with Gasteiger partial charge in [-0.3, -0.25) is 0 Å². The molecule has 2 aromatic carbocycles. The highest BCUT2D eigenvalue weighted by molar-refractivity contribution is 5.86. The van der Waals surface area contributed by atoms with E-state index in [0.717, 1.165) is 25.9 Å². The van der Waals surface area contributed by atoms with Gasteiger partial charge in [0, 0.05) is 19.3 Å². The van der Waals surface area contributed by atoms with E-state index in [1.807, 2.05) is 11.0 Å². The summed E-state index contributed by atoms with van der Waals surface area (Å²) in [5.74, 6) is 0.479. The molecule has 0 unspecified atom stereocenters. The number of rotatable bonds is 1. The summed E-state index contributed by atoms with van der Waals surface area (Å²) in [4.78, 5) is 18.9. The van der Waals surface area contributed by atoms with Gasteiger partial charge in [-0.1, -0.05) is 47.7 Å². The summed E-state index contributed by atoms with van der Waals surface area (Å²) in [6.45, 7) is 1.44. The average molecular weight is 357 g/mol. The Kier molecular flexibility index (Phi) is 3.81. The van der Waals surface area contributed by atoms with Crippen molar-refractivity contribution in [2.45, 2.75) is 18.8 Å². The second-order valence-electron chi connectivity index (χ2n) is 7.00. The van der Waals surface area contributed by atoms with Crippen LogP contribution in [0.15, 0.2) is 60.8 Å². The number of pyridine rings is 1. The molecule has 6 nitrogen and oxygen atoms in total. The molecule has 6 heteroatoms. The van der Waals surface area contributed by atoms with Gasteiger partial charge in [0.1, 0.15) is 5.52 Å². The van der Waals surface area contributed by atoms with Crippen molar-refractivity contribution in [1.82, 2.24) is 24.9 Å². The fraction of sp³-hybridized carbons (Fsp3) is 0.238. The van der Waals surface area contributed by atoms with Gasteiger partial charge in [0.2, 0.25) is 5.65 Å². The zero-order valence-corrected chi connectivity index (χ0v) is 14.8. The van der Waals surface area contributed by atoms with Crippen LogP contribution < -0.4 is 0 Å². The molecular formula is C21H19N5O. The van der Waals surface area contributed by atoms with E-state index in [2.05, 4.69) is 57.8 Å². The number of nitrogens with zero attached hydrogens (tertiary/aromatic N) is 5. The molecule has 2 aromatic heterocycles. The lowest BCUT2D eigenvalue weighted by Gasteiger charge is -2.32. The molecule has 5 rings (SSSR count). The third-order valence-corrected chi connectivity index (χ3v) is 5.41. The Morgan fingerprint density at radius 2 is 1.78 bits per heavy atom. The minimum Gasteiger partial charge on any atom is -0.323 e. The first-order valence-corrected chi connectivity index (χ1v) is 9.24. The molecular weight excluding hydrogens is 338 g/mol. The van der Waals surface area contributed by atoms with Crippen LogP contribution in [0, 0.1) is 0 Å². The molecule has 1 saturated heterocycles. The summed E-state index contributed by atoms with van der Waals surface area (Å²) in [5, 5.41) is 10.5. The molecule has 3 heterocycles. The number of hydrogen-bond donors (Lipinski definition) is 0. The predicted molar refractivity (Wildman–Crippen MR) is 104 cm³/mol. The number of carbonyl (C=O) groups excluding carboxylic acids is 1. The summed E-state index contributed by atoms with van der Waals surface area (Å²) in [6.07, 6.45) is 3.56. The standard InChI is InChI=1S/C21H19N5O/c27-21(26-19-6-3-11-22-20(19)23-24-26)25-12-9-16(10-13-25)18-8-7-15-4-1-2-5-17(15)14-18/h1-8,11,14,16H,9-10,12-13H2. The summed E-state index contributed by atoms with van der Waals surface area (Å²) in [7, 11) is 0. The largest absolute Gasteiger partial charge is 0.346 e. The van der Waals surface area contributed by atoms with Crippen LogP contribution in [0.25, 0.3) is 21.9 Å². The number of piperidine rings is 1. The van der Waals surface area contributed by atoms with Crippen molar-refractivity contribution in [1.29, 1.82) is 0 Å². The highest BCUT2D eigenvalue weighted by Crippen LogP contribution is 2.30. The van der Waals surface area contributed by atoms with Crippen molar-refractivity contribution in [2.24, 2.45) is 0 Å². The SMILES string of the molecule is O=C(N1CCC(c2ccc3ccccc3c2)CC1)n1nnc2ncccc21. The lowest BCUT2D eigenvalue weighted by Crippen LogP contribution is -2.40. The van der Waals surface area contributed by atoms with Crippen molar-refractivity contribution in [3.8, 4) is 0 Å². The van der Waals surface area contributed by atoms with Gasteiger partial charge < -0.3 is 4.90 Å². The monoisotopic (exact) mass is 357 g/mol. The van der Waals surface area contributed by atoms with Gasteiger partial charge in [-0.25, -0.2) is 9.78 Å². The zero-order chi connectivity index (χ0) is 18.2. The van der Waals surface area contributed by atoms with E-state index in [9.17, 15) is 4.79 Å². The predicted octanol–water partition coefficient (Wildman–Crippen LogP) is 3.83. The molecule has 0 bridgehead atoms. The number of aromatic nitrogens is 4. The number of fused-ring (bicyclic) bond motifs is 2. The third-order valence-electron chi connectivity index (χ3n) is 5.41. The van der Waals surface area contributed by atoms with Crippen molar-refractivity contribution >= 4 is 28.0 Å². The Labute approximate surface area is 156 Å². The molecule has 1 amide bonds. The Morgan fingerprint density at radius 1 is 0.963 bits per heavy atom. The smallest absolute Gasteiger partial charge is 0.323 e. The van der Waals surface area contributed by atoms with Crippen molar-refractivity contribution in [2.75, 3.05) is 13.1 Å². The minimum absolute atomic E-state index is 0.123. The first-order valence-electron chi connectivity index (χ1n) is 9.24. The fourth-order valence-electron chi connectivity index (χ4n) is 3.91. The van der Waals surface area contributed by atoms with Crippen LogP contribution in [0.1, 0.15) is 24.3 Å². The Morgan fingerprint density at radius 3 is 2.63 bits per heavy atom. The fourth-order valence-corrected chi connectivity index (χ4v) is 3.91. The Hall–Kier alpha value is -3.28. The van der Waals surface area contributed by atoms with Crippen LogP contribution in [-0.4, -0.2) is 44.0 Å². The summed E-state index contributed by atoms with van der Waals surface area (Å²) in [6, 6.07) is 18.6. The van der Waals surface area contributed by atoms with Gasteiger partial charge >= 0.3 is 6.03 Å². The average Bonchev–Trinajstić information content (AvgIpc) is 3.17. The van der Waals surface area contributed by atoms with E-state index >= 15 is 0 Å². The Balaban J connectivity index is 1.32. The molecule has 0 saturated carbocycles. The second-order valence-corrected chi connectivity index (χ2v) is 7.00. The first-order chi connectivity index (χ1) is 13.3. The molecule has 0 radical (unpaired) electrons. The number of carbonyl (C=O) groups is 1. The molecule has 1 fully saturated rings. The van der Waals surface area contributed by atoms with Crippen LogP contribution >= 0.6 is 0 Å². The number of likely N-dealkylation sites (tertiary alicyclic amines) is 1. The van der Waals surface area contributed by atoms with Crippen molar-refractivity contribution in [3.05, 3.63) is 66.4 Å². The van der Waals surface area contributed by atoms with Gasteiger partial charge in [-0.15, -0.1) is 5.10 Å². The maximum atomic E-state index is 12.9. The number of benzene rings is 2. The van der Waals surface area contributed by atoms with Gasteiger partial charge in [0.05, 0.1) is 0 Å². The normalized spacial score (nSPS) is 15.5. The van der Waals surface area contributed by atoms with E-state index in [4.69, 9.17) is 0 Å². The van der Waals surface area contributed by atoms with Crippen LogP contribution in [0.3, 0.4) is 0 Å². The van der Waals surface area contributed by atoms with E-state index in [1.165, 1.54) is 21.0 Å². The maximum Gasteiger partial charge on any atom is 0.346 e. The third kappa shape index (κ3) is 2.83. The van der Waals surface area contributed by atoms with Crippen molar-refractivity contribution < 1.29 is 4.79 Å². The molecule has 1 aliphatic rings. The van der Waals surface area contributed by atoms with E-state index in [-0.39, 0.29) is 6.03 Å². The first kappa shape index (κ1) is 15.9. The number of amides is 1. The van der Waals surface area contributed by atoms with Gasteiger partial charge in [-0.05, 0) is 47.2 Å². The highest BCUT2D eigenvalue weighted by Gasteiger charge is 2.26. The van der Waals surface area contributed by atoms with E-state index in [1.54, 1.807) is 12.3 Å². The topological polar surface area (TPSA) is 63.9 Å². The molecule has 0 aliphatic carbocycles. The van der Waals surface area contributed by atoms with Gasteiger partial charge in [-0.2, -0.15) is 4.68 Å². The Bertz CT molecular complexity index is 1130. The van der Waals surface area contributed by atoms with Gasteiger partial charge in [0.15, 0.2) is 0 Å². The molecule has 4 aromatic rings. The van der Waals surface area contributed by atoms with Gasteiger partial charge in [0.25, 0.3) is 0 Å². The maximum absolute atomic E-state index is 12.9. The quantitative estimate of drug-likeness (QED) is 0.519. The van der Waals surface area contributed by atoms with E-state index < -0.39 is 0 Å². The van der Waals surface area contributed by atoms with Crippen molar-refractivity contribution in [3.63, 3.8) is 0 Å². The van der Waals surface area contributed by atoms with Crippen LogP contribution in [0.5, 0.6) is 0 Å². The van der Waals surface area contributed by atoms with Crippen LogP contribution in [-0.2, 0) is 0 Å². The molecule has 0 spiro atoms. The van der Waals surface area contributed by atoms with Crippen LogP contribution in [0.4, 0.5) is 4.79 Å². The highest BCUT2D eigenvalue weighted by atomic mass is 16.2. The number of hydrogen-bond acceptors (Lipinski definition) is 4. The summed E-state index contributed by atoms with van der Waals surface area (Å²) in [5.41, 5.74) is 2.51.